The van der Waals surface area contributed by atoms with Crippen molar-refractivity contribution in [1.29, 1.82) is 0 Å². The van der Waals surface area contributed by atoms with Crippen LogP contribution in [0, 0.1) is 6.92 Å². The van der Waals surface area contributed by atoms with E-state index in [1.807, 2.05) is 4.72 Å². The molecule has 0 spiro atoms. The monoisotopic (exact) mass is 439 g/mol. The minimum Gasteiger partial charge on any atom is -0.497 e. The summed E-state index contributed by atoms with van der Waals surface area (Å²) in [6, 6.07) is 11.1. The lowest BCUT2D eigenvalue weighted by atomic mass is 10.3. The zero-order chi connectivity index (χ0) is 20.5. The molecule has 7 nitrogen and oxygen atoms in total. The fourth-order valence-electron chi connectivity index (χ4n) is 2.52. The van der Waals surface area contributed by atoms with Crippen LogP contribution < -0.4 is 9.46 Å². The van der Waals surface area contributed by atoms with Crippen molar-refractivity contribution in [3.63, 3.8) is 0 Å². The van der Waals surface area contributed by atoms with Crippen LogP contribution in [-0.2, 0) is 10.0 Å². The molecular weight excluding hydrogens is 425 g/mol. The second-order valence-corrected chi connectivity index (χ2v) is 8.19. The number of benzene rings is 2. The zero-order valence-corrected chi connectivity index (χ0v) is 17.1. The number of hydrogen-bond donors (Lipinski definition) is 1. The first-order valence-corrected chi connectivity index (χ1v) is 10.2. The van der Waals surface area contributed by atoms with E-state index in [9.17, 15) is 13.2 Å². The molecule has 1 amide bonds. The van der Waals surface area contributed by atoms with E-state index in [4.69, 9.17) is 27.9 Å². The zero-order valence-electron chi connectivity index (χ0n) is 14.8. The average molecular weight is 440 g/mol. The van der Waals surface area contributed by atoms with Gasteiger partial charge in [0.15, 0.2) is 0 Å². The van der Waals surface area contributed by atoms with E-state index in [-0.39, 0.29) is 21.4 Å². The summed E-state index contributed by atoms with van der Waals surface area (Å²) in [6.45, 7) is 1.67. The average Bonchev–Trinajstić information content (AvgIpc) is 3.04. The summed E-state index contributed by atoms with van der Waals surface area (Å²) in [5.74, 6) is -0.140. The van der Waals surface area contributed by atoms with Gasteiger partial charge in [0, 0.05) is 12.3 Å². The van der Waals surface area contributed by atoms with Crippen LogP contribution in [0.4, 0.5) is 0 Å². The van der Waals surface area contributed by atoms with Crippen molar-refractivity contribution in [2.24, 2.45) is 0 Å². The van der Waals surface area contributed by atoms with Crippen LogP contribution >= 0.6 is 23.2 Å². The fourth-order valence-corrected chi connectivity index (χ4v) is 4.22. The number of halogens is 2. The summed E-state index contributed by atoms with van der Waals surface area (Å²) in [5, 5.41) is 0.421. The number of nitrogens with zero attached hydrogens (tertiary/aromatic N) is 2. The number of para-hydroxylation sites is 1. The lowest BCUT2D eigenvalue weighted by molar-refractivity contribution is 0.0977. The highest BCUT2D eigenvalue weighted by Gasteiger charge is 2.24. The van der Waals surface area contributed by atoms with Crippen LogP contribution in [0.5, 0.6) is 5.75 Å². The first-order valence-electron chi connectivity index (χ1n) is 7.94. The molecule has 1 aromatic heterocycles. The molecule has 0 saturated carbocycles. The summed E-state index contributed by atoms with van der Waals surface area (Å²) < 4.78 is 33.8. The van der Waals surface area contributed by atoms with Crippen LogP contribution in [0.25, 0.3) is 5.69 Å². The van der Waals surface area contributed by atoms with E-state index in [0.717, 1.165) is 0 Å². The highest BCUT2D eigenvalue weighted by molar-refractivity contribution is 7.90. The predicted octanol–water partition coefficient (Wildman–Crippen LogP) is 3.61. The van der Waals surface area contributed by atoms with Crippen molar-refractivity contribution in [3.8, 4) is 11.4 Å². The Kier molecular flexibility index (Phi) is 5.64. The quantitative estimate of drug-likeness (QED) is 0.655. The van der Waals surface area contributed by atoms with E-state index in [0.29, 0.717) is 16.5 Å². The molecule has 1 heterocycles. The molecule has 0 aliphatic carbocycles. The molecule has 0 fully saturated rings. The molecule has 0 aliphatic heterocycles. The second-order valence-electron chi connectivity index (χ2n) is 5.73. The largest absolute Gasteiger partial charge is 0.497 e. The highest BCUT2D eigenvalue weighted by atomic mass is 35.5. The van der Waals surface area contributed by atoms with Gasteiger partial charge in [0.05, 0.1) is 22.8 Å². The number of amides is 1. The van der Waals surface area contributed by atoms with Crippen molar-refractivity contribution in [2.75, 3.05) is 7.11 Å². The summed E-state index contributed by atoms with van der Waals surface area (Å²) in [5.41, 5.74) is 0.534. The van der Waals surface area contributed by atoms with Crippen molar-refractivity contribution in [1.82, 2.24) is 14.3 Å². The summed E-state index contributed by atoms with van der Waals surface area (Å²) in [6.07, 6.45) is 1.41. The molecule has 3 aromatic rings. The van der Waals surface area contributed by atoms with Crippen LogP contribution in [-0.4, -0.2) is 31.0 Å². The third-order valence-corrected chi connectivity index (χ3v) is 6.01. The number of ether oxygens (including phenoxy) is 1. The maximum absolute atomic E-state index is 12.6. The number of carbonyl (C=O) groups is 1. The van der Waals surface area contributed by atoms with Crippen molar-refractivity contribution in [2.45, 2.75) is 11.8 Å². The Balaban J connectivity index is 1.92. The summed E-state index contributed by atoms with van der Waals surface area (Å²) >= 11 is 12.2. The molecule has 0 radical (unpaired) electrons. The Morgan fingerprint density at radius 2 is 1.86 bits per heavy atom. The molecule has 1 N–H and O–H groups in total. The fraction of sp³-hybridized carbons (Fsp3) is 0.111. The van der Waals surface area contributed by atoms with Gasteiger partial charge in [0.25, 0.3) is 15.9 Å². The van der Waals surface area contributed by atoms with Crippen LogP contribution in [0.1, 0.15) is 16.3 Å². The molecular formula is C18H15Cl2N3O4S. The third kappa shape index (κ3) is 3.99. The maximum atomic E-state index is 12.6. The number of aryl methyl sites for hydroxylation is 1. The minimum atomic E-state index is -4.23. The van der Waals surface area contributed by atoms with Crippen LogP contribution in [0.2, 0.25) is 10.0 Å². The Hall–Kier alpha value is -2.55. The van der Waals surface area contributed by atoms with Gasteiger partial charge in [-0.05, 0) is 31.2 Å². The van der Waals surface area contributed by atoms with Crippen LogP contribution in [0.3, 0.4) is 0 Å². The molecule has 0 unspecified atom stereocenters. The van der Waals surface area contributed by atoms with Crippen LogP contribution in [0.15, 0.2) is 53.6 Å². The SMILES string of the molecule is COc1ccc(Cl)c(S(=O)(=O)NC(=O)c2cn(-c3ccccc3Cl)c(C)n2)c1. The molecule has 146 valence electrons. The lowest BCUT2D eigenvalue weighted by Crippen LogP contribution is -2.31. The van der Waals surface area contributed by atoms with Crippen molar-refractivity contribution in [3.05, 3.63) is 70.2 Å². The number of hydrogen-bond acceptors (Lipinski definition) is 5. The number of imidazole rings is 1. The molecule has 0 bridgehead atoms. The van der Waals surface area contributed by atoms with E-state index in [1.165, 1.54) is 31.5 Å². The van der Waals surface area contributed by atoms with Gasteiger partial charge in [0.1, 0.15) is 22.2 Å². The standard InChI is InChI=1S/C18H15Cl2N3O4S/c1-11-21-15(10-23(11)16-6-4-3-5-13(16)19)18(24)22-28(25,26)17-9-12(27-2)7-8-14(17)20/h3-10H,1-2H3,(H,22,24). The number of methoxy groups -OCH3 is 1. The number of nitrogens with one attached hydrogen (secondary N) is 1. The Morgan fingerprint density at radius 3 is 2.54 bits per heavy atom. The van der Waals surface area contributed by atoms with Gasteiger partial charge in [-0.3, -0.25) is 4.79 Å². The number of carbonyl (C=O) groups excluding carboxylic acids is 1. The number of aromatic nitrogens is 2. The van der Waals surface area contributed by atoms with E-state index < -0.39 is 15.9 Å². The molecule has 0 aliphatic rings. The van der Waals surface area contributed by atoms with E-state index >= 15 is 0 Å². The van der Waals surface area contributed by atoms with E-state index in [1.54, 1.807) is 35.8 Å². The van der Waals surface area contributed by atoms with Gasteiger partial charge in [-0.2, -0.15) is 0 Å². The van der Waals surface area contributed by atoms with Gasteiger partial charge in [0.2, 0.25) is 0 Å². The molecule has 2 aromatic carbocycles. The van der Waals surface area contributed by atoms with Gasteiger partial charge in [-0.25, -0.2) is 18.1 Å². The Bertz CT molecular complexity index is 1160. The maximum Gasteiger partial charge on any atom is 0.285 e. The van der Waals surface area contributed by atoms with Gasteiger partial charge < -0.3 is 9.30 Å². The third-order valence-electron chi connectivity index (χ3n) is 3.88. The summed E-state index contributed by atoms with van der Waals surface area (Å²) in [4.78, 5) is 16.4. The molecule has 3 rings (SSSR count). The predicted molar refractivity (Wildman–Crippen MR) is 106 cm³/mol. The first kappa shape index (κ1) is 20.2. The van der Waals surface area contributed by atoms with Crippen molar-refractivity contribution >= 4 is 39.1 Å². The highest BCUT2D eigenvalue weighted by Crippen LogP contribution is 2.26. The van der Waals surface area contributed by atoms with Crippen molar-refractivity contribution < 1.29 is 17.9 Å². The molecule has 28 heavy (non-hydrogen) atoms. The lowest BCUT2D eigenvalue weighted by Gasteiger charge is -2.09. The van der Waals surface area contributed by atoms with Gasteiger partial charge >= 0.3 is 0 Å². The number of rotatable bonds is 5. The molecule has 0 saturated heterocycles. The Morgan fingerprint density at radius 1 is 1.14 bits per heavy atom. The van der Waals surface area contributed by atoms with Gasteiger partial charge in [-0.1, -0.05) is 35.3 Å². The first-order chi connectivity index (χ1) is 13.2. The van der Waals surface area contributed by atoms with Gasteiger partial charge in [-0.15, -0.1) is 0 Å². The minimum absolute atomic E-state index is 0.0427. The Labute approximate surface area is 171 Å². The molecule has 0 atom stereocenters. The topological polar surface area (TPSA) is 90.3 Å². The smallest absolute Gasteiger partial charge is 0.285 e. The number of sulfonamides is 1. The van der Waals surface area contributed by atoms with E-state index in [2.05, 4.69) is 4.98 Å². The molecule has 10 heteroatoms. The second kappa shape index (κ2) is 7.83. The normalized spacial score (nSPS) is 11.3. The summed E-state index contributed by atoms with van der Waals surface area (Å²) in [7, 11) is -2.84.